The van der Waals surface area contributed by atoms with E-state index in [1.54, 1.807) is 6.08 Å². The zero-order chi connectivity index (χ0) is 9.23. The van der Waals surface area contributed by atoms with Crippen LogP contribution in [-0.2, 0) is 4.74 Å². The van der Waals surface area contributed by atoms with Crippen LogP contribution in [0.4, 0.5) is 8.78 Å². The van der Waals surface area contributed by atoms with Gasteiger partial charge in [0.1, 0.15) is 0 Å². The number of hydrogen-bond donors (Lipinski definition) is 1. The summed E-state index contributed by atoms with van der Waals surface area (Å²) in [6.07, 6.45) is 0.278. The Hall–Kier alpha value is -0.480. The molecule has 0 heterocycles. The Bertz CT molecular complexity index is 109. The smallest absolute Gasteiger partial charge is 0.250 e. The number of ether oxygens (including phenoxy) is 1. The lowest BCUT2D eigenvalue weighted by molar-refractivity contribution is 0.122. The van der Waals surface area contributed by atoms with Crippen LogP contribution in [0.2, 0.25) is 0 Å². The molecule has 0 aromatic carbocycles. The van der Waals surface area contributed by atoms with E-state index >= 15 is 0 Å². The van der Waals surface area contributed by atoms with Crippen LogP contribution < -0.4 is 5.32 Å². The van der Waals surface area contributed by atoms with E-state index in [0.29, 0.717) is 19.8 Å². The van der Waals surface area contributed by atoms with Crippen molar-refractivity contribution in [3.8, 4) is 0 Å². The van der Waals surface area contributed by atoms with Crippen LogP contribution in [0.3, 0.4) is 0 Å². The SMILES string of the molecule is C=CCCOCCNCC(F)F. The van der Waals surface area contributed by atoms with Gasteiger partial charge in [-0.3, -0.25) is 0 Å². The molecule has 4 heteroatoms. The minimum Gasteiger partial charge on any atom is -0.380 e. The van der Waals surface area contributed by atoms with Gasteiger partial charge in [0.2, 0.25) is 0 Å². The molecular weight excluding hydrogens is 164 g/mol. The maximum absolute atomic E-state index is 11.5. The molecule has 0 saturated heterocycles. The zero-order valence-electron chi connectivity index (χ0n) is 7.06. The van der Waals surface area contributed by atoms with Crippen molar-refractivity contribution in [2.45, 2.75) is 12.8 Å². The van der Waals surface area contributed by atoms with Gasteiger partial charge in [0.15, 0.2) is 0 Å². The number of alkyl halides is 2. The van der Waals surface area contributed by atoms with Crippen molar-refractivity contribution in [2.24, 2.45) is 0 Å². The van der Waals surface area contributed by atoms with Crippen molar-refractivity contribution >= 4 is 0 Å². The molecule has 0 aliphatic carbocycles. The van der Waals surface area contributed by atoms with Crippen molar-refractivity contribution in [2.75, 3.05) is 26.3 Å². The molecule has 12 heavy (non-hydrogen) atoms. The predicted molar refractivity (Wildman–Crippen MR) is 44.5 cm³/mol. The summed E-state index contributed by atoms with van der Waals surface area (Å²) in [6.45, 7) is 4.82. The Morgan fingerprint density at radius 1 is 1.42 bits per heavy atom. The van der Waals surface area contributed by atoms with E-state index in [-0.39, 0.29) is 6.54 Å². The van der Waals surface area contributed by atoms with E-state index in [1.165, 1.54) is 0 Å². The van der Waals surface area contributed by atoms with Gasteiger partial charge in [0.05, 0.1) is 19.8 Å². The van der Waals surface area contributed by atoms with Gasteiger partial charge in [0, 0.05) is 6.54 Å². The number of hydrogen-bond acceptors (Lipinski definition) is 2. The molecule has 72 valence electrons. The second kappa shape index (κ2) is 8.62. The Morgan fingerprint density at radius 2 is 2.17 bits per heavy atom. The molecule has 0 rings (SSSR count). The minimum absolute atomic E-state index is 0.259. The summed E-state index contributed by atoms with van der Waals surface area (Å²) in [7, 11) is 0. The minimum atomic E-state index is -2.28. The third-order valence-corrected chi connectivity index (χ3v) is 1.19. The van der Waals surface area contributed by atoms with Gasteiger partial charge >= 0.3 is 0 Å². The second-order valence-corrected chi connectivity index (χ2v) is 2.28. The molecule has 0 aromatic rings. The van der Waals surface area contributed by atoms with Crippen molar-refractivity contribution < 1.29 is 13.5 Å². The summed E-state index contributed by atoms with van der Waals surface area (Å²) in [6, 6.07) is 0. The summed E-state index contributed by atoms with van der Waals surface area (Å²) in [5.74, 6) is 0. The Balaban J connectivity index is 2.86. The monoisotopic (exact) mass is 179 g/mol. The number of halogens is 2. The lowest BCUT2D eigenvalue weighted by Gasteiger charge is -2.03. The topological polar surface area (TPSA) is 21.3 Å². The molecule has 0 bridgehead atoms. The highest BCUT2D eigenvalue weighted by Crippen LogP contribution is 1.87. The molecule has 0 amide bonds. The normalized spacial score (nSPS) is 10.6. The van der Waals surface area contributed by atoms with E-state index in [2.05, 4.69) is 11.9 Å². The summed E-state index contributed by atoms with van der Waals surface area (Å²) < 4.78 is 28.2. The molecule has 0 aliphatic rings. The van der Waals surface area contributed by atoms with Crippen LogP contribution in [0.1, 0.15) is 6.42 Å². The molecule has 0 atom stereocenters. The first kappa shape index (κ1) is 11.5. The van der Waals surface area contributed by atoms with Crippen LogP contribution in [0, 0.1) is 0 Å². The fraction of sp³-hybridized carbons (Fsp3) is 0.750. The first-order valence-electron chi connectivity index (χ1n) is 3.95. The highest BCUT2D eigenvalue weighted by molar-refractivity contribution is 4.64. The van der Waals surface area contributed by atoms with Crippen molar-refractivity contribution in [1.82, 2.24) is 5.32 Å². The molecule has 0 fully saturated rings. The van der Waals surface area contributed by atoms with Gasteiger partial charge in [-0.1, -0.05) is 6.08 Å². The van der Waals surface area contributed by atoms with E-state index in [1.807, 2.05) is 0 Å². The van der Waals surface area contributed by atoms with Crippen LogP contribution in [-0.4, -0.2) is 32.7 Å². The quantitative estimate of drug-likeness (QED) is 0.449. The van der Waals surface area contributed by atoms with Gasteiger partial charge in [-0.25, -0.2) is 8.78 Å². The fourth-order valence-electron chi connectivity index (χ4n) is 0.624. The predicted octanol–water partition coefficient (Wildman–Crippen LogP) is 1.43. The largest absolute Gasteiger partial charge is 0.380 e. The Kier molecular flexibility index (Phi) is 8.27. The first-order valence-corrected chi connectivity index (χ1v) is 3.95. The molecule has 0 aliphatic heterocycles. The summed E-state index contributed by atoms with van der Waals surface area (Å²) in [5.41, 5.74) is 0. The highest BCUT2D eigenvalue weighted by Gasteiger charge is 1.98. The standard InChI is InChI=1S/C8H15F2NO/c1-2-3-5-12-6-4-11-7-8(9)10/h2,8,11H,1,3-7H2. The van der Waals surface area contributed by atoms with Crippen LogP contribution >= 0.6 is 0 Å². The maximum Gasteiger partial charge on any atom is 0.250 e. The summed E-state index contributed by atoms with van der Waals surface area (Å²) >= 11 is 0. The zero-order valence-corrected chi connectivity index (χ0v) is 7.06. The van der Waals surface area contributed by atoms with Crippen molar-refractivity contribution in [3.63, 3.8) is 0 Å². The Morgan fingerprint density at radius 3 is 2.75 bits per heavy atom. The van der Waals surface area contributed by atoms with Gasteiger partial charge in [-0.2, -0.15) is 0 Å². The summed E-state index contributed by atoms with van der Waals surface area (Å²) in [4.78, 5) is 0. The van der Waals surface area contributed by atoms with E-state index < -0.39 is 6.43 Å². The van der Waals surface area contributed by atoms with Crippen LogP contribution in [0.5, 0.6) is 0 Å². The Labute approximate surface area is 71.6 Å². The maximum atomic E-state index is 11.5. The summed E-state index contributed by atoms with van der Waals surface area (Å²) in [5, 5.41) is 2.56. The van der Waals surface area contributed by atoms with Gasteiger partial charge < -0.3 is 10.1 Å². The average molecular weight is 179 g/mol. The number of nitrogens with one attached hydrogen (secondary N) is 1. The van der Waals surface area contributed by atoms with E-state index in [4.69, 9.17) is 4.74 Å². The highest BCUT2D eigenvalue weighted by atomic mass is 19.3. The fourth-order valence-corrected chi connectivity index (χ4v) is 0.624. The molecule has 0 aromatic heterocycles. The first-order chi connectivity index (χ1) is 5.77. The van der Waals surface area contributed by atoms with Gasteiger partial charge in [-0.15, -0.1) is 6.58 Å². The lowest BCUT2D eigenvalue weighted by Crippen LogP contribution is -2.25. The molecule has 0 saturated carbocycles. The average Bonchev–Trinajstić information content (AvgIpc) is 2.02. The van der Waals surface area contributed by atoms with Crippen molar-refractivity contribution in [1.29, 1.82) is 0 Å². The third-order valence-electron chi connectivity index (χ3n) is 1.19. The molecule has 0 radical (unpaired) electrons. The van der Waals surface area contributed by atoms with E-state index in [0.717, 1.165) is 6.42 Å². The third kappa shape index (κ3) is 9.52. The molecule has 2 nitrogen and oxygen atoms in total. The van der Waals surface area contributed by atoms with Gasteiger partial charge in [0.25, 0.3) is 6.43 Å². The van der Waals surface area contributed by atoms with E-state index in [9.17, 15) is 8.78 Å². The van der Waals surface area contributed by atoms with Crippen LogP contribution in [0.15, 0.2) is 12.7 Å². The second-order valence-electron chi connectivity index (χ2n) is 2.28. The molecular formula is C8H15F2NO. The molecule has 0 spiro atoms. The van der Waals surface area contributed by atoms with Crippen molar-refractivity contribution in [3.05, 3.63) is 12.7 Å². The lowest BCUT2D eigenvalue weighted by atomic mass is 10.4. The number of rotatable bonds is 8. The van der Waals surface area contributed by atoms with Gasteiger partial charge in [-0.05, 0) is 6.42 Å². The molecule has 1 N–H and O–H groups in total. The van der Waals surface area contributed by atoms with Crippen LogP contribution in [0.25, 0.3) is 0 Å². The molecule has 0 unspecified atom stereocenters.